The van der Waals surface area contributed by atoms with Crippen LogP contribution in [0.2, 0.25) is 0 Å². The van der Waals surface area contributed by atoms with Gasteiger partial charge in [0.05, 0.1) is 0 Å². The summed E-state index contributed by atoms with van der Waals surface area (Å²) >= 11 is 0. The van der Waals surface area contributed by atoms with Crippen molar-refractivity contribution in [1.82, 2.24) is 9.80 Å². The summed E-state index contributed by atoms with van der Waals surface area (Å²) in [7, 11) is 0. The molecule has 2 fully saturated rings. The fourth-order valence-electron chi connectivity index (χ4n) is 5.78. The first-order valence-electron chi connectivity index (χ1n) is 11.2. The Balaban J connectivity index is 1.34. The molecule has 2 aromatic carbocycles. The lowest BCUT2D eigenvalue weighted by Gasteiger charge is -2.42. The third-order valence-corrected chi connectivity index (χ3v) is 7.39. The number of rotatable bonds is 3. The molecule has 1 amide bonds. The maximum Gasteiger partial charge on any atom is 0.219 e. The topological polar surface area (TPSA) is 40.6 Å². The fourth-order valence-corrected chi connectivity index (χ4v) is 5.78. The van der Waals surface area contributed by atoms with Gasteiger partial charge >= 0.3 is 0 Å². The quantitative estimate of drug-likeness (QED) is 0.748. The van der Waals surface area contributed by atoms with Gasteiger partial charge in [-0.25, -0.2) is 0 Å². The Bertz CT molecular complexity index is 948. The number of amides is 1. The molecule has 0 spiro atoms. The molecule has 2 aromatic rings. The van der Waals surface area contributed by atoms with E-state index in [0.29, 0.717) is 11.8 Å². The second-order valence-corrected chi connectivity index (χ2v) is 9.05. The number of nitrogens with zero attached hydrogens (tertiary/aromatic N) is 2. The molecule has 3 aliphatic rings. The molecule has 1 aliphatic carbocycles. The van der Waals surface area contributed by atoms with Gasteiger partial charge in [-0.15, -0.1) is 0 Å². The van der Waals surface area contributed by atoms with Crippen LogP contribution in [0.1, 0.15) is 54.1 Å². The summed E-state index contributed by atoms with van der Waals surface area (Å²) in [5.74, 6) is 0.599. The number of hydrogen-bond donors (Lipinski definition) is 0. The normalized spacial score (nSPS) is 22.9. The summed E-state index contributed by atoms with van der Waals surface area (Å²) in [4.78, 5) is 29.6. The summed E-state index contributed by atoms with van der Waals surface area (Å²) in [6, 6.07) is 11.2. The molecular formula is C25H30N2O2. The standard InChI is InChI=1S/C25H30N2O2/c1-17(28)26-14-11-21(12-15-26)27-13-3-5-20(16-27)25(29)23-10-9-19-8-7-18-4-2-6-22(23)24(18)19/h2,4,6,9-10,20-21H,3,5,7-8,11-16H2,1H3. The molecule has 29 heavy (non-hydrogen) atoms. The van der Waals surface area contributed by atoms with Crippen molar-refractivity contribution in [3.8, 4) is 0 Å². The predicted octanol–water partition coefficient (Wildman–Crippen LogP) is 3.84. The highest BCUT2D eigenvalue weighted by molar-refractivity contribution is 6.11. The van der Waals surface area contributed by atoms with Crippen molar-refractivity contribution in [2.24, 2.45) is 5.92 Å². The van der Waals surface area contributed by atoms with Gasteiger partial charge in [-0.1, -0.05) is 30.3 Å². The van der Waals surface area contributed by atoms with Gasteiger partial charge in [0.15, 0.2) is 5.78 Å². The first kappa shape index (κ1) is 18.8. The Kier molecular flexibility index (Phi) is 4.91. The van der Waals surface area contributed by atoms with Gasteiger partial charge in [0, 0.05) is 44.1 Å². The zero-order chi connectivity index (χ0) is 20.0. The predicted molar refractivity (Wildman–Crippen MR) is 115 cm³/mol. The zero-order valence-corrected chi connectivity index (χ0v) is 17.3. The van der Waals surface area contributed by atoms with Crippen molar-refractivity contribution in [2.75, 3.05) is 26.2 Å². The Hall–Kier alpha value is -2.20. The van der Waals surface area contributed by atoms with Crippen molar-refractivity contribution >= 4 is 22.5 Å². The largest absolute Gasteiger partial charge is 0.343 e. The highest BCUT2D eigenvalue weighted by atomic mass is 16.2. The summed E-state index contributed by atoms with van der Waals surface area (Å²) in [6.45, 7) is 5.31. The van der Waals surface area contributed by atoms with E-state index < -0.39 is 0 Å². The summed E-state index contributed by atoms with van der Waals surface area (Å²) in [5.41, 5.74) is 3.72. The number of likely N-dealkylation sites (tertiary alicyclic amines) is 2. The number of carbonyl (C=O) groups excluding carboxylic acids is 2. The van der Waals surface area contributed by atoms with Gasteiger partial charge in [-0.05, 0) is 67.0 Å². The smallest absolute Gasteiger partial charge is 0.219 e. The van der Waals surface area contributed by atoms with E-state index in [0.717, 1.165) is 75.7 Å². The molecule has 1 unspecified atom stereocenters. The average molecular weight is 391 g/mol. The Morgan fingerprint density at radius 3 is 2.45 bits per heavy atom. The van der Waals surface area contributed by atoms with Crippen molar-refractivity contribution in [1.29, 1.82) is 0 Å². The van der Waals surface area contributed by atoms with E-state index in [4.69, 9.17) is 0 Å². The molecule has 4 heteroatoms. The molecule has 2 saturated heterocycles. The lowest BCUT2D eigenvalue weighted by molar-refractivity contribution is -0.130. The number of Topliss-reactive ketones (excluding diaryl/α,β-unsaturated/α-hetero) is 1. The van der Waals surface area contributed by atoms with Crippen LogP contribution in [0.15, 0.2) is 30.3 Å². The van der Waals surface area contributed by atoms with Gasteiger partial charge in [0.1, 0.15) is 0 Å². The van der Waals surface area contributed by atoms with Gasteiger partial charge < -0.3 is 4.90 Å². The molecule has 152 valence electrons. The van der Waals surface area contributed by atoms with Crippen LogP contribution in [0.25, 0.3) is 10.8 Å². The van der Waals surface area contributed by atoms with Gasteiger partial charge in [0.2, 0.25) is 5.91 Å². The van der Waals surface area contributed by atoms with Crippen LogP contribution in [0.3, 0.4) is 0 Å². The average Bonchev–Trinajstić information content (AvgIpc) is 3.19. The van der Waals surface area contributed by atoms with E-state index in [1.54, 1.807) is 6.92 Å². The molecule has 0 aromatic heterocycles. The number of piperidine rings is 2. The Morgan fingerprint density at radius 1 is 0.931 bits per heavy atom. The Morgan fingerprint density at radius 2 is 1.69 bits per heavy atom. The highest BCUT2D eigenvalue weighted by Crippen LogP contribution is 2.35. The van der Waals surface area contributed by atoms with Crippen molar-refractivity contribution in [3.05, 3.63) is 47.0 Å². The van der Waals surface area contributed by atoms with E-state index in [2.05, 4.69) is 35.2 Å². The maximum absolute atomic E-state index is 13.5. The van der Waals surface area contributed by atoms with Crippen molar-refractivity contribution in [3.63, 3.8) is 0 Å². The van der Waals surface area contributed by atoms with E-state index in [9.17, 15) is 9.59 Å². The first-order valence-corrected chi connectivity index (χ1v) is 11.2. The molecule has 2 aliphatic heterocycles. The van der Waals surface area contributed by atoms with Crippen molar-refractivity contribution < 1.29 is 9.59 Å². The first-order chi connectivity index (χ1) is 14.1. The fraction of sp³-hybridized carbons (Fsp3) is 0.520. The third kappa shape index (κ3) is 3.38. The molecule has 0 bridgehead atoms. The van der Waals surface area contributed by atoms with Crippen molar-refractivity contribution in [2.45, 2.75) is 51.5 Å². The van der Waals surface area contributed by atoms with E-state index in [1.807, 2.05) is 4.90 Å². The third-order valence-electron chi connectivity index (χ3n) is 7.39. The molecule has 2 heterocycles. The van der Waals surface area contributed by atoms with Gasteiger partial charge in [0.25, 0.3) is 0 Å². The van der Waals surface area contributed by atoms with Crippen LogP contribution in [0.4, 0.5) is 0 Å². The van der Waals surface area contributed by atoms with Gasteiger partial charge in [-0.3, -0.25) is 14.5 Å². The zero-order valence-electron chi connectivity index (χ0n) is 17.3. The van der Waals surface area contributed by atoms with Crippen LogP contribution in [-0.2, 0) is 17.6 Å². The van der Waals surface area contributed by atoms with E-state index in [-0.39, 0.29) is 11.8 Å². The molecule has 5 rings (SSSR count). The second kappa shape index (κ2) is 7.56. The lowest BCUT2D eigenvalue weighted by atomic mass is 9.86. The van der Waals surface area contributed by atoms with Crippen LogP contribution in [-0.4, -0.2) is 53.7 Å². The van der Waals surface area contributed by atoms with Crippen LogP contribution in [0, 0.1) is 5.92 Å². The van der Waals surface area contributed by atoms with Crippen LogP contribution in [0.5, 0.6) is 0 Å². The minimum absolute atomic E-state index is 0.0908. The number of ketones is 1. The van der Waals surface area contributed by atoms with Crippen LogP contribution < -0.4 is 0 Å². The van der Waals surface area contributed by atoms with E-state index >= 15 is 0 Å². The highest BCUT2D eigenvalue weighted by Gasteiger charge is 2.33. The monoisotopic (exact) mass is 390 g/mol. The second-order valence-electron chi connectivity index (χ2n) is 9.05. The number of aryl methyl sites for hydroxylation is 2. The molecule has 1 atom stereocenters. The minimum atomic E-state index is 0.0908. The summed E-state index contributed by atoms with van der Waals surface area (Å²) in [5, 5.41) is 2.50. The van der Waals surface area contributed by atoms with Crippen LogP contribution >= 0.6 is 0 Å². The molecule has 0 N–H and O–H groups in total. The maximum atomic E-state index is 13.5. The summed E-state index contributed by atoms with van der Waals surface area (Å²) < 4.78 is 0. The molecule has 4 nitrogen and oxygen atoms in total. The summed E-state index contributed by atoms with van der Waals surface area (Å²) in [6.07, 6.45) is 6.33. The number of benzene rings is 2. The van der Waals surface area contributed by atoms with E-state index in [1.165, 1.54) is 16.5 Å². The Labute approximate surface area is 172 Å². The molecular weight excluding hydrogens is 360 g/mol. The van der Waals surface area contributed by atoms with Gasteiger partial charge in [-0.2, -0.15) is 0 Å². The molecule has 0 radical (unpaired) electrons. The SMILES string of the molecule is CC(=O)N1CCC(N2CCCC(C(=O)c3ccc4c5c(cccc35)CC4)C2)CC1. The molecule has 0 saturated carbocycles. The lowest BCUT2D eigenvalue weighted by Crippen LogP contribution is -2.50. The number of hydrogen-bond acceptors (Lipinski definition) is 3. The number of carbonyl (C=O) groups is 2. The minimum Gasteiger partial charge on any atom is -0.343 e.